The molecular weight excluding hydrogens is 271 g/mol. The standard InChI is InChI=1S/C16H17FN2O2/c17-15-7-2-1-4-12(15)10-16(20)19-8-9-21-14-6-3-5-13(18)11-14/h1-7,11H,8-10,18H2,(H,19,20). The van der Waals surface area contributed by atoms with Gasteiger partial charge in [0.2, 0.25) is 5.91 Å². The summed E-state index contributed by atoms with van der Waals surface area (Å²) in [6.45, 7) is 0.675. The van der Waals surface area contributed by atoms with E-state index >= 15 is 0 Å². The maximum atomic E-state index is 13.4. The Kier molecular flexibility index (Phi) is 5.15. The molecule has 0 atom stereocenters. The number of nitrogens with two attached hydrogens (primary N) is 1. The number of amides is 1. The van der Waals surface area contributed by atoms with E-state index in [1.807, 2.05) is 0 Å². The molecule has 2 rings (SSSR count). The number of ether oxygens (including phenoxy) is 1. The van der Waals surface area contributed by atoms with Gasteiger partial charge in [-0.1, -0.05) is 24.3 Å². The molecule has 3 N–H and O–H groups in total. The van der Waals surface area contributed by atoms with Crippen LogP contribution in [0.3, 0.4) is 0 Å². The van der Waals surface area contributed by atoms with E-state index in [0.717, 1.165) is 0 Å². The predicted octanol–water partition coefficient (Wildman–Crippen LogP) is 2.15. The highest BCUT2D eigenvalue weighted by atomic mass is 19.1. The first-order valence-electron chi connectivity index (χ1n) is 6.63. The van der Waals surface area contributed by atoms with Gasteiger partial charge in [-0.25, -0.2) is 4.39 Å². The molecule has 0 saturated carbocycles. The minimum absolute atomic E-state index is 0.0188. The van der Waals surface area contributed by atoms with Crippen molar-refractivity contribution in [3.8, 4) is 5.75 Å². The number of hydrogen-bond acceptors (Lipinski definition) is 3. The van der Waals surface area contributed by atoms with Crippen LogP contribution in [0.15, 0.2) is 48.5 Å². The second kappa shape index (κ2) is 7.28. The Hall–Kier alpha value is -2.56. The van der Waals surface area contributed by atoms with Crippen LogP contribution in [0.5, 0.6) is 5.75 Å². The highest BCUT2D eigenvalue weighted by molar-refractivity contribution is 5.78. The molecule has 0 aromatic heterocycles. The Morgan fingerprint density at radius 1 is 1.19 bits per heavy atom. The zero-order valence-electron chi connectivity index (χ0n) is 11.5. The van der Waals surface area contributed by atoms with E-state index in [-0.39, 0.29) is 18.1 Å². The lowest BCUT2D eigenvalue weighted by atomic mass is 10.1. The molecule has 0 aliphatic carbocycles. The zero-order chi connectivity index (χ0) is 15.1. The van der Waals surface area contributed by atoms with Gasteiger partial charge in [-0.3, -0.25) is 4.79 Å². The molecule has 2 aromatic carbocycles. The quantitative estimate of drug-likeness (QED) is 0.632. The van der Waals surface area contributed by atoms with Crippen LogP contribution in [0.2, 0.25) is 0 Å². The van der Waals surface area contributed by atoms with Crippen molar-refractivity contribution in [3.63, 3.8) is 0 Å². The van der Waals surface area contributed by atoms with Gasteiger partial charge in [0.05, 0.1) is 13.0 Å². The SMILES string of the molecule is Nc1cccc(OCCNC(=O)Cc2ccccc2F)c1. The molecule has 0 spiro atoms. The van der Waals surface area contributed by atoms with Gasteiger partial charge >= 0.3 is 0 Å². The van der Waals surface area contributed by atoms with Gasteiger partial charge in [-0.15, -0.1) is 0 Å². The van der Waals surface area contributed by atoms with Crippen molar-refractivity contribution in [2.45, 2.75) is 6.42 Å². The molecule has 0 fully saturated rings. The molecular formula is C16H17FN2O2. The van der Waals surface area contributed by atoms with E-state index in [0.29, 0.717) is 30.2 Å². The van der Waals surface area contributed by atoms with Crippen LogP contribution in [0.25, 0.3) is 0 Å². The van der Waals surface area contributed by atoms with Gasteiger partial charge in [0.15, 0.2) is 0 Å². The van der Waals surface area contributed by atoms with E-state index in [1.165, 1.54) is 6.07 Å². The summed E-state index contributed by atoms with van der Waals surface area (Å²) in [5.74, 6) is 0.0401. The smallest absolute Gasteiger partial charge is 0.224 e. The summed E-state index contributed by atoms with van der Waals surface area (Å²) in [7, 11) is 0. The third kappa shape index (κ3) is 4.80. The largest absolute Gasteiger partial charge is 0.492 e. The number of nitrogens with one attached hydrogen (secondary N) is 1. The number of rotatable bonds is 6. The van der Waals surface area contributed by atoms with Crippen LogP contribution in [0, 0.1) is 5.82 Å². The highest BCUT2D eigenvalue weighted by Crippen LogP contribution is 2.13. The summed E-state index contributed by atoms with van der Waals surface area (Å²) in [6.07, 6.45) is 0.0188. The minimum atomic E-state index is -0.372. The Morgan fingerprint density at radius 3 is 2.76 bits per heavy atom. The lowest BCUT2D eigenvalue weighted by Gasteiger charge is -2.08. The second-order valence-corrected chi connectivity index (χ2v) is 4.54. The van der Waals surface area contributed by atoms with Gasteiger partial charge in [-0.2, -0.15) is 0 Å². The molecule has 21 heavy (non-hydrogen) atoms. The lowest BCUT2D eigenvalue weighted by Crippen LogP contribution is -2.29. The van der Waals surface area contributed by atoms with Crippen LogP contribution in [-0.4, -0.2) is 19.1 Å². The van der Waals surface area contributed by atoms with Gasteiger partial charge in [-0.05, 0) is 23.8 Å². The monoisotopic (exact) mass is 288 g/mol. The van der Waals surface area contributed by atoms with Gasteiger partial charge < -0.3 is 15.8 Å². The molecule has 0 saturated heterocycles. The van der Waals surface area contributed by atoms with Crippen LogP contribution in [0.4, 0.5) is 10.1 Å². The summed E-state index contributed by atoms with van der Waals surface area (Å²) >= 11 is 0. The summed E-state index contributed by atoms with van der Waals surface area (Å²) < 4.78 is 18.8. The van der Waals surface area contributed by atoms with E-state index in [4.69, 9.17) is 10.5 Å². The topological polar surface area (TPSA) is 64.3 Å². The molecule has 0 radical (unpaired) electrons. The molecule has 4 nitrogen and oxygen atoms in total. The zero-order valence-corrected chi connectivity index (χ0v) is 11.5. The third-order valence-electron chi connectivity index (χ3n) is 2.86. The molecule has 0 aliphatic rings. The van der Waals surface area contributed by atoms with Crippen molar-refractivity contribution >= 4 is 11.6 Å². The number of carbonyl (C=O) groups is 1. The maximum absolute atomic E-state index is 13.4. The van der Waals surface area contributed by atoms with Gasteiger partial charge in [0.1, 0.15) is 18.2 Å². The fourth-order valence-electron chi connectivity index (χ4n) is 1.84. The predicted molar refractivity (Wildman–Crippen MR) is 79.5 cm³/mol. The first-order valence-corrected chi connectivity index (χ1v) is 6.63. The highest BCUT2D eigenvalue weighted by Gasteiger charge is 2.06. The number of halogens is 1. The van der Waals surface area contributed by atoms with Gasteiger partial charge in [0, 0.05) is 11.8 Å². The Morgan fingerprint density at radius 2 is 2.00 bits per heavy atom. The normalized spacial score (nSPS) is 10.1. The minimum Gasteiger partial charge on any atom is -0.492 e. The molecule has 0 unspecified atom stereocenters. The van der Waals surface area contributed by atoms with E-state index in [2.05, 4.69) is 5.32 Å². The molecule has 2 aromatic rings. The second-order valence-electron chi connectivity index (χ2n) is 4.54. The van der Waals surface area contributed by atoms with Crippen molar-refractivity contribution in [2.24, 2.45) is 0 Å². The first-order chi connectivity index (χ1) is 10.1. The number of anilines is 1. The third-order valence-corrected chi connectivity index (χ3v) is 2.86. The first kappa shape index (κ1) is 14.8. The molecule has 0 bridgehead atoms. The van der Waals surface area contributed by atoms with E-state index < -0.39 is 0 Å². The molecule has 0 heterocycles. The Labute approximate surface area is 122 Å². The van der Waals surface area contributed by atoms with Crippen LogP contribution in [-0.2, 0) is 11.2 Å². The lowest BCUT2D eigenvalue weighted by molar-refractivity contribution is -0.120. The number of benzene rings is 2. The fraction of sp³-hybridized carbons (Fsp3) is 0.188. The number of carbonyl (C=O) groups excluding carboxylic acids is 1. The molecule has 110 valence electrons. The van der Waals surface area contributed by atoms with Crippen molar-refractivity contribution < 1.29 is 13.9 Å². The average Bonchev–Trinajstić information content (AvgIpc) is 2.46. The summed E-state index contributed by atoms with van der Waals surface area (Å²) in [6, 6.07) is 13.3. The average molecular weight is 288 g/mol. The molecule has 5 heteroatoms. The van der Waals surface area contributed by atoms with Crippen molar-refractivity contribution in [3.05, 3.63) is 59.9 Å². The van der Waals surface area contributed by atoms with Crippen molar-refractivity contribution in [1.82, 2.24) is 5.32 Å². The maximum Gasteiger partial charge on any atom is 0.224 e. The summed E-state index contributed by atoms with van der Waals surface area (Å²) in [5.41, 5.74) is 6.63. The Bertz CT molecular complexity index is 617. The summed E-state index contributed by atoms with van der Waals surface area (Å²) in [4.78, 5) is 11.7. The van der Waals surface area contributed by atoms with E-state index in [9.17, 15) is 9.18 Å². The number of nitrogen functional groups attached to an aromatic ring is 1. The van der Waals surface area contributed by atoms with Crippen LogP contribution in [0.1, 0.15) is 5.56 Å². The van der Waals surface area contributed by atoms with Crippen LogP contribution < -0.4 is 15.8 Å². The van der Waals surface area contributed by atoms with E-state index in [1.54, 1.807) is 42.5 Å². The van der Waals surface area contributed by atoms with Crippen molar-refractivity contribution in [2.75, 3.05) is 18.9 Å². The van der Waals surface area contributed by atoms with Crippen molar-refractivity contribution in [1.29, 1.82) is 0 Å². The summed E-state index contributed by atoms with van der Waals surface area (Å²) in [5, 5.41) is 2.68. The molecule has 1 amide bonds. The molecule has 0 aliphatic heterocycles. The van der Waals surface area contributed by atoms with Gasteiger partial charge in [0.25, 0.3) is 0 Å². The Balaban J connectivity index is 1.71. The number of hydrogen-bond donors (Lipinski definition) is 2. The fourth-order valence-corrected chi connectivity index (χ4v) is 1.84. The van der Waals surface area contributed by atoms with Crippen LogP contribution >= 0.6 is 0 Å².